The van der Waals surface area contributed by atoms with Crippen LogP contribution in [-0.4, -0.2) is 67.8 Å². The minimum atomic E-state index is -0.654. The fraction of sp³-hybridized carbons (Fsp3) is 0.536. The van der Waals surface area contributed by atoms with Crippen molar-refractivity contribution in [1.82, 2.24) is 35.5 Å². The van der Waals surface area contributed by atoms with Crippen LogP contribution in [0.15, 0.2) is 23.1 Å². The van der Waals surface area contributed by atoms with Gasteiger partial charge in [0.25, 0.3) is 5.56 Å². The van der Waals surface area contributed by atoms with E-state index in [-0.39, 0.29) is 28.8 Å². The maximum absolute atomic E-state index is 13.8. The summed E-state index contributed by atoms with van der Waals surface area (Å²) >= 11 is 0. The van der Waals surface area contributed by atoms with Crippen LogP contribution in [0.4, 0.5) is 4.79 Å². The Morgan fingerprint density at radius 3 is 2.58 bits per heavy atom. The Kier molecular flexibility index (Phi) is 6.75. The number of hydrogen-bond donors (Lipinski definition) is 3. The van der Waals surface area contributed by atoms with E-state index in [0.717, 1.165) is 38.9 Å². The number of aromatic nitrogens is 4. The van der Waals surface area contributed by atoms with E-state index in [1.165, 1.54) is 0 Å². The number of nitrogens with zero attached hydrogens (tertiary/aromatic N) is 4. The lowest BCUT2D eigenvalue weighted by atomic mass is 9.90. The smallest absolute Gasteiger partial charge is 0.318 e. The van der Waals surface area contributed by atoms with Gasteiger partial charge in [-0.2, -0.15) is 10.2 Å². The Balaban J connectivity index is 1.35. The minimum absolute atomic E-state index is 0.0625. The van der Waals surface area contributed by atoms with Crippen LogP contribution >= 0.6 is 0 Å². The van der Waals surface area contributed by atoms with Crippen LogP contribution < -0.4 is 10.9 Å². The van der Waals surface area contributed by atoms with Gasteiger partial charge in [0.2, 0.25) is 5.91 Å². The van der Waals surface area contributed by atoms with Gasteiger partial charge in [0.1, 0.15) is 6.04 Å². The van der Waals surface area contributed by atoms with Crippen LogP contribution in [0.2, 0.25) is 0 Å². The zero-order valence-corrected chi connectivity index (χ0v) is 22.9. The number of aryl methyl sites for hydroxylation is 2. The fourth-order valence-electron chi connectivity index (χ4n) is 5.86. The van der Waals surface area contributed by atoms with Gasteiger partial charge in [0, 0.05) is 43.5 Å². The quantitative estimate of drug-likeness (QED) is 0.490. The Bertz CT molecular complexity index is 1430. The Morgan fingerprint density at radius 2 is 1.87 bits per heavy atom. The van der Waals surface area contributed by atoms with Crippen molar-refractivity contribution in [2.75, 3.05) is 19.6 Å². The molecule has 0 bridgehead atoms. The molecule has 3 aromatic rings. The second kappa shape index (κ2) is 9.89. The molecular weight excluding hydrogens is 482 g/mol. The van der Waals surface area contributed by atoms with E-state index in [1.807, 2.05) is 31.0 Å². The third-order valence-corrected chi connectivity index (χ3v) is 7.67. The van der Waals surface area contributed by atoms with Crippen molar-refractivity contribution in [2.24, 2.45) is 5.41 Å². The summed E-state index contributed by atoms with van der Waals surface area (Å²) in [5, 5.41) is 18.0. The number of likely N-dealkylation sites (tertiary alicyclic amines) is 1. The standard InChI is InChI=1S/C28H37N7O3/c1-16-10-19-12-23(26(37)35(15-28(3,4)5)14-22(19)21-13-29-32-24(16)21)30-27(38)34-8-6-18(7-9-34)20-11-17(2)31-33-25(20)36/h10-11,13,18,23H,6-9,12,14-15H2,1-5H3,(H,29,32)(H,30,38)(H,33,36). The van der Waals surface area contributed by atoms with Crippen LogP contribution in [0.25, 0.3) is 10.9 Å². The summed E-state index contributed by atoms with van der Waals surface area (Å²) in [6.45, 7) is 12.3. The summed E-state index contributed by atoms with van der Waals surface area (Å²) in [6.07, 6.45) is 3.65. The van der Waals surface area contributed by atoms with Crippen molar-refractivity contribution in [3.63, 3.8) is 0 Å². The maximum atomic E-state index is 13.8. The first-order chi connectivity index (χ1) is 18.0. The number of urea groups is 1. The van der Waals surface area contributed by atoms with Gasteiger partial charge >= 0.3 is 6.03 Å². The summed E-state index contributed by atoms with van der Waals surface area (Å²) in [4.78, 5) is 43.1. The fourth-order valence-corrected chi connectivity index (χ4v) is 5.86. The third kappa shape index (κ3) is 5.16. The van der Waals surface area contributed by atoms with Crippen molar-refractivity contribution in [2.45, 2.75) is 72.4 Å². The largest absolute Gasteiger partial charge is 0.336 e. The number of fused-ring (bicyclic) bond motifs is 3. The molecule has 202 valence electrons. The van der Waals surface area contributed by atoms with Crippen molar-refractivity contribution in [3.05, 3.63) is 56.6 Å². The van der Waals surface area contributed by atoms with Gasteiger partial charge in [0.05, 0.1) is 17.4 Å². The van der Waals surface area contributed by atoms with E-state index < -0.39 is 6.04 Å². The number of benzene rings is 1. The van der Waals surface area contributed by atoms with Crippen LogP contribution in [-0.2, 0) is 17.8 Å². The SMILES string of the molecule is Cc1cc(C2CCN(C(=O)NC3Cc4cc(C)c5[nH]ncc5c4CN(CC(C)(C)C)C3=O)CC2)c(=O)[nH]n1. The van der Waals surface area contributed by atoms with Gasteiger partial charge in [-0.15, -0.1) is 0 Å². The third-order valence-electron chi connectivity index (χ3n) is 7.67. The van der Waals surface area contributed by atoms with Crippen molar-refractivity contribution >= 4 is 22.8 Å². The number of aromatic amines is 2. The molecule has 2 aromatic heterocycles. The highest BCUT2D eigenvalue weighted by atomic mass is 16.2. The average molecular weight is 520 g/mol. The molecule has 2 aliphatic heterocycles. The molecule has 4 heterocycles. The molecule has 0 radical (unpaired) electrons. The molecule has 1 atom stereocenters. The molecule has 38 heavy (non-hydrogen) atoms. The number of hydrogen-bond acceptors (Lipinski definition) is 5. The summed E-state index contributed by atoms with van der Waals surface area (Å²) in [6, 6.07) is 3.06. The lowest BCUT2D eigenvalue weighted by Crippen LogP contribution is -2.54. The van der Waals surface area contributed by atoms with Crippen molar-refractivity contribution < 1.29 is 9.59 Å². The van der Waals surface area contributed by atoms with Gasteiger partial charge in [-0.05, 0) is 60.8 Å². The first kappa shape index (κ1) is 25.9. The lowest BCUT2D eigenvalue weighted by molar-refractivity contribution is -0.134. The van der Waals surface area contributed by atoms with Crippen LogP contribution in [0.3, 0.4) is 0 Å². The Morgan fingerprint density at radius 1 is 1.13 bits per heavy atom. The van der Waals surface area contributed by atoms with E-state index in [1.54, 1.807) is 4.90 Å². The molecule has 3 N–H and O–H groups in total. The first-order valence-electron chi connectivity index (χ1n) is 13.3. The molecule has 5 rings (SSSR count). The van der Waals surface area contributed by atoms with E-state index >= 15 is 0 Å². The predicted molar refractivity (Wildman–Crippen MR) is 145 cm³/mol. The van der Waals surface area contributed by atoms with Crippen LogP contribution in [0.1, 0.15) is 67.5 Å². The molecule has 0 spiro atoms. The summed E-state index contributed by atoms with van der Waals surface area (Å²) in [5.41, 5.74) is 5.45. The Labute approximate surface area is 222 Å². The second-order valence-corrected chi connectivity index (χ2v) is 12.0. The van der Waals surface area contributed by atoms with Crippen molar-refractivity contribution in [3.8, 4) is 0 Å². The highest BCUT2D eigenvalue weighted by molar-refractivity contribution is 5.91. The van der Waals surface area contributed by atoms with E-state index in [2.05, 4.69) is 52.5 Å². The number of H-pyrrole nitrogens is 2. The van der Waals surface area contributed by atoms with E-state index in [4.69, 9.17) is 0 Å². The van der Waals surface area contributed by atoms with E-state index in [0.29, 0.717) is 45.4 Å². The van der Waals surface area contributed by atoms with Gasteiger partial charge < -0.3 is 15.1 Å². The maximum Gasteiger partial charge on any atom is 0.318 e. The molecule has 3 amide bonds. The molecule has 10 heteroatoms. The van der Waals surface area contributed by atoms with Gasteiger partial charge in [-0.3, -0.25) is 14.7 Å². The number of piperidine rings is 1. The zero-order valence-electron chi connectivity index (χ0n) is 22.9. The normalized spacial score (nSPS) is 19.0. The van der Waals surface area contributed by atoms with Gasteiger partial charge in [-0.25, -0.2) is 9.89 Å². The van der Waals surface area contributed by atoms with Crippen LogP contribution in [0.5, 0.6) is 0 Å². The zero-order chi connectivity index (χ0) is 27.2. The topological polar surface area (TPSA) is 127 Å². The number of nitrogens with one attached hydrogen (secondary N) is 3. The van der Waals surface area contributed by atoms with Crippen LogP contribution in [0, 0.1) is 19.3 Å². The summed E-state index contributed by atoms with van der Waals surface area (Å²) in [5.74, 6) is 0.0194. The number of carbonyl (C=O) groups is 2. The molecule has 1 saturated heterocycles. The van der Waals surface area contributed by atoms with Gasteiger partial charge in [-0.1, -0.05) is 26.8 Å². The van der Waals surface area contributed by atoms with Crippen molar-refractivity contribution in [1.29, 1.82) is 0 Å². The lowest BCUT2D eigenvalue weighted by Gasteiger charge is -2.34. The predicted octanol–water partition coefficient (Wildman–Crippen LogP) is 3.15. The monoisotopic (exact) mass is 519 g/mol. The second-order valence-electron chi connectivity index (χ2n) is 12.0. The van der Waals surface area contributed by atoms with E-state index in [9.17, 15) is 14.4 Å². The average Bonchev–Trinajstić information content (AvgIpc) is 3.32. The summed E-state index contributed by atoms with van der Waals surface area (Å²) < 4.78 is 0. The van der Waals surface area contributed by atoms with Gasteiger partial charge in [0.15, 0.2) is 0 Å². The molecule has 2 aliphatic rings. The first-order valence-corrected chi connectivity index (χ1v) is 13.3. The molecule has 10 nitrogen and oxygen atoms in total. The molecule has 1 aromatic carbocycles. The highest BCUT2D eigenvalue weighted by Crippen LogP contribution is 2.31. The number of carbonyl (C=O) groups excluding carboxylic acids is 2. The number of rotatable bonds is 3. The molecule has 0 aliphatic carbocycles. The minimum Gasteiger partial charge on any atom is -0.336 e. The highest BCUT2D eigenvalue weighted by Gasteiger charge is 2.35. The molecule has 1 fully saturated rings. The molecule has 1 unspecified atom stereocenters. The molecular formula is C28H37N7O3. The molecule has 0 saturated carbocycles. The number of amides is 3. The Hall–Kier alpha value is -3.69. The summed E-state index contributed by atoms with van der Waals surface area (Å²) in [7, 11) is 0.